The zero-order chi connectivity index (χ0) is 9.97. The summed E-state index contributed by atoms with van der Waals surface area (Å²) in [7, 11) is 0. The fourth-order valence-electron chi connectivity index (χ4n) is 1.37. The van der Waals surface area contributed by atoms with Gasteiger partial charge in [0.05, 0.1) is 4.58 Å². The standard InChI is InChI=1S/C10H11FOS2/c11-9-6-7(12)2-3-8(9)10-13-4-1-5-14-10/h2-3,6,10,12H,1,4-5H2. The topological polar surface area (TPSA) is 20.2 Å². The second-order valence-electron chi connectivity index (χ2n) is 3.13. The molecular weight excluding hydrogens is 219 g/mol. The molecule has 1 aliphatic rings. The number of halogens is 1. The predicted octanol–water partition coefficient (Wildman–Crippen LogP) is 3.40. The van der Waals surface area contributed by atoms with E-state index in [-0.39, 0.29) is 16.1 Å². The first-order valence-electron chi connectivity index (χ1n) is 4.49. The van der Waals surface area contributed by atoms with Gasteiger partial charge in [0.1, 0.15) is 11.6 Å². The zero-order valence-electron chi connectivity index (χ0n) is 7.57. The highest BCUT2D eigenvalue weighted by molar-refractivity contribution is 8.16. The van der Waals surface area contributed by atoms with Gasteiger partial charge in [-0.2, -0.15) is 0 Å². The molecule has 0 radical (unpaired) electrons. The molecule has 1 N–H and O–H groups in total. The summed E-state index contributed by atoms with van der Waals surface area (Å²) in [6.45, 7) is 0. The average molecular weight is 230 g/mol. The Kier molecular flexibility index (Phi) is 3.23. The van der Waals surface area contributed by atoms with Gasteiger partial charge in [0, 0.05) is 11.6 Å². The molecule has 76 valence electrons. The smallest absolute Gasteiger partial charge is 0.132 e. The molecule has 0 amide bonds. The Labute approximate surface area is 91.1 Å². The SMILES string of the molecule is Oc1ccc(C2SCCCS2)c(F)c1. The van der Waals surface area contributed by atoms with Crippen LogP contribution >= 0.6 is 23.5 Å². The maximum absolute atomic E-state index is 13.4. The fraction of sp³-hybridized carbons (Fsp3) is 0.400. The molecule has 1 aliphatic heterocycles. The van der Waals surface area contributed by atoms with Crippen molar-refractivity contribution in [2.45, 2.75) is 11.0 Å². The highest BCUT2D eigenvalue weighted by Crippen LogP contribution is 2.44. The van der Waals surface area contributed by atoms with Gasteiger partial charge in [-0.1, -0.05) is 6.07 Å². The Balaban J connectivity index is 2.22. The molecule has 0 unspecified atom stereocenters. The molecule has 0 aliphatic carbocycles. The molecule has 2 rings (SSSR count). The van der Waals surface area contributed by atoms with Gasteiger partial charge in [0.25, 0.3) is 0 Å². The van der Waals surface area contributed by atoms with Crippen LogP contribution < -0.4 is 0 Å². The summed E-state index contributed by atoms with van der Waals surface area (Å²) >= 11 is 3.56. The minimum Gasteiger partial charge on any atom is -0.508 e. The second kappa shape index (κ2) is 4.45. The van der Waals surface area contributed by atoms with E-state index in [4.69, 9.17) is 5.11 Å². The van der Waals surface area contributed by atoms with Crippen molar-refractivity contribution < 1.29 is 9.50 Å². The van der Waals surface area contributed by atoms with Crippen LogP contribution in [0.4, 0.5) is 4.39 Å². The van der Waals surface area contributed by atoms with Crippen molar-refractivity contribution in [1.29, 1.82) is 0 Å². The van der Waals surface area contributed by atoms with Crippen LogP contribution in [-0.2, 0) is 0 Å². The number of benzene rings is 1. The number of hydrogen-bond acceptors (Lipinski definition) is 3. The molecule has 1 saturated heterocycles. The van der Waals surface area contributed by atoms with E-state index in [1.807, 2.05) is 0 Å². The Morgan fingerprint density at radius 1 is 1.29 bits per heavy atom. The molecule has 0 spiro atoms. The van der Waals surface area contributed by atoms with E-state index in [0.29, 0.717) is 5.56 Å². The van der Waals surface area contributed by atoms with E-state index in [2.05, 4.69) is 0 Å². The van der Waals surface area contributed by atoms with Crippen molar-refractivity contribution in [3.8, 4) is 5.75 Å². The van der Waals surface area contributed by atoms with E-state index in [1.165, 1.54) is 12.5 Å². The van der Waals surface area contributed by atoms with Gasteiger partial charge in [-0.3, -0.25) is 0 Å². The lowest BCUT2D eigenvalue weighted by atomic mass is 10.2. The van der Waals surface area contributed by atoms with Crippen LogP contribution in [0, 0.1) is 5.82 Å². The Hall–Kier alpha value is -0.350. The molecule has 1 fully saturated rings. The van der Waals surface area contributed by atoms with Crippen LogP contribution in [0.5, 0.6) is 5.75 Å². The molecule has 4 heteroatoms. The predicted molar refractivity (Wildman–Crippen MR) is 60.3 cm³/mol. The number of rotatable bonds is 1. The maximum Gasteiger partial charge on any atom is 0.132 e. The molecule has 1 nitrogen and oxygen atoms in total. The quantitative estimate of drug-likeness (QED) is 0.798. The lowest BCUT2D eigenvalue weighted by Crippen LogP contribution is -2.02. The Bertz CT molecular complexity index is 324. The van der Waals surface area contributed by atoms with Crippen LogP contribution in [0.3, 0.4) is 0 Å². The van der Waals surface area contributed by atoms with E-state index < -0.39 is 0 Å². The van der Waals surface area contributed by atoms with Crippen molar-refractivity contribution in [1.82, 2.24) is 0 Å². The van der Waals surface area contributed by atoms with Gasteiger partial charge in [-0.25, -0.2) is 4.39 Å². The van der Waals surface area contributed by atoms with Crippen LogP contribution in [0.15, 0.2) is 18.2 Å². The normalized spacial score (nSPS) is 18.4. The summed E-state index contributed by atoms with van der Waals surface area (Å²) in [5.41, 5.74) is 0.706. The Morgan fingerprint density at radius 3 is 2.64 bits per heavy atom. The fourth-order valence-corrected chi connectivity index (χ4v) is 4.31. The number of thioether (sulfide) groups is 2. The minimum atomic E-state index is -0.295. The molecule has 0 aromatic heterocycles. The van der Waals surface area contributed by atoms with Crippen LogP contribution in [0.1, 0.15) is 16.6 Å². The monoisotopic (exact) mass is 230 g/mol. The van der Waals surface area contributed by atoms with Crippen LogP contribution in [-0.4, -0.2) is 16.6 Å². The number of aromatic hydroxyl groups is 1. The first-order valence-corrected chi connectivity index (χ1v) is 6.59. The summed E-state index contributed by atoms with van der Waals surface area (Å²) in [5.74, 6) is 1.89. The third-order valence-electron chi connectivity index (χ3n) is 2.07. The van der Waals surface area contributed by atoms with Crippen molar-refractivity contribution in [3.05, 3.63) is 29.6 Å². The summed E-state index contributed by atoms with van der Waals surface area (Å²) in [5, 5.41) is 9.08. The van der Waals surface area contributed by atoms with E-state index in [1.54, 1.807) is 35.7 Å². The highest BCUT2D eigenvalue weighted by Gasteiger charge is 2.19. The first-order chi connectivity index (χ1) is 6.77. The lowest BCUT2D eigenvalue weighted by Gasteiger charge is -2.21. The summed E-state index contributed by atoms with van der Waals surface area (Å²) in [6.07, 6.45) is 1.20. The number of phenols is 1. The largest absolute Gasteiger partial charge is 0.508 e. The van der Waals surface area contributed by atoms with Crippen LogP contribution in [0.2, 0.25) is 0 Å². The van der Waals surface area contributed by atoms with E-state index in [0.717, 1.165) is 11.5 Å². The first kappa shape index (κ1) is 10.2. The molecule has 14 heavy (non-hydrogen) atoms. The van der Waals surface area contributed by atoms with Gasteiger partial charge in [-0.15, -0.1) is 23.5 Å². The summed E-state index contributed by atoms with van der Waals surface area (Å²) in [4.78, 5) is 0. The molecule has 1 aromatic carbocycles. The van der Waals surface area contributed by atoms with Crippen LogP contribution in [0.25, 0.3) is 0 Å². The van der Waals surface area contributed by atoms with Crippen molar-refractivity contribution in [2.75, 3.05) is 11.5 Å². The summed E-state index contributed by atoms with van der Waals surface area (Å²) < 4.78 is 13.6. The lowest BCUT2D eigenvalue weighted by molar-refractivity contribution is 0.468. The van der Waals surface area contributed by atoms with E-state index >= 15 is 0 Å². The number of hydrogen-bond donors (Lipinski definition) is 1. The van der Waals surface area contributed by atoms with Gasteiger partial charge in [0.15, 0.2) is 0 Å². The second-order valence-corrected chi connectivity index (χ2v) is 5.86. The molecule has 1 aromatic rings. The molecule has 0 saturated carbocycles. The van der Waals surface area contributed by atoms with Gasteiger partial charge in [-0.05, 0) is 24.0 Å². The molecule has 1 heterocycles. The third-order valence-corrected chi connectivity index (χ3v) is 5.04. The highest BCUT2D eigenvalue weighted by atomic mass is 32.2. The molecular formula is C10H11FOS2. The van der Waals surface area contributed by atoms with Gasteiger partial charge >= 0.3 is 0 Å². The minimum absolute atomic E-state index is 0.00272. The maximum atomic E-state index is 13.4. The van der Waals surface area contributed by atoms with Gasteiger partial charge < -0.3 is 5.11 Å². The number of phenolic OH excluding ortho intramolecular Hbond substituents is 1. The zero-order valence-corrected chi connectivity index (χ0v) is 9.21. The average Bonchev–Trinajstić information content (AvgIpc) is 2.19. The van der Waals surface area contributed by atoms with Gasteiger partial charge in [0.2, 0.25) is 0 Å². The Morgan fingerprint density at radius 2 is 2.00 bits per heavy atom. The van der Waals surface area contributed by atoms with Crippen molar-refractivity contribution in [2.24, 2.45) is 0 Å². The third kappa shape index (κ3) is 2.17. The molecule has 0 bridgehead atoms. The van der Waals surface area contributed by atoms with Crippen molar-refractivity contribution >= 4 is 23.5 Å². The molecule has 0 atom stereocenters. The van der Waals surface area contributed by atoms with Crippen molar-refractivity contribution in [3.63, 3.8) is 0 Å². The van der Waals surface area contributed by atoms with E-state index in [9.17, 15) is 4.39 Å². The summed E-state index contributed by atoms with van der Waals surface area (Å²) in [6, 6.07) is 4.42.